The number of aromatic nitrogens is 5. The molecule has 2 N–H and O–H groups in total. The lowest BCUT2D eigenvalue weighted by atomic mass is 10.2. The van der Waals surface area contributed by atoms with E-state index in [1.54, 1.807) is 12.1 Å². The zero-order chi connectivity index (χ0) is 20.1. The van der Waals surface area contributed by atoms with E-state index in [9.17, 15) is 9.59 Å². The third kappa shape index (κ3) is 4.55. The zero-order valence-corrected chi connectivity index (χ0v) is 16.2. The van der Waals surface area contributed by atoms with Crippen molar-refractivity contribution >= 4 is 5.91 Å². The summed E-state index contributed by atoms with van der Waals surface area (Å²) in [7, 11) is 1.53. The summed E-state index contributed by atoms with van der Waals surface area (Å²) in [4.78, 5) is 25.2. The number of nitrogens with zero attached hydrogens (tertiary/aromatic N) is 4. The summed E-state index contributed by atoms with van der Waals surface area (Å²) in [6.45, 7) is 3.81. The summed E-state index contributed by atoms with van der Waals surface area (Å²) >= 11 is 0. The van der Waals surface area contributed by atoms with E-state index in [-0.39, 0.29) is 30.8 Å². The summed E-state index contributed by atoms with van der Waals surface area (Å²) in [5.41, 5.74) is 2.13. The van der Waals surface area contributed by atoms with E-state index >= 15 is 0 Å². The van der Waals surface area contributed by atoms with Gasteiger partial charge in [0.2, 0.25) is 5.91 Å². The van der Waals surface area contributed by atoms with E-state index in [1.165, 1.54) is 11.7 Å². The van der Waals surface area contributed by atoms with Gasteiger partial charge >= 0.3 is 5.69 Å². The molecule has 148 valence electrons. The van der Waals surface area contributed by atoms with Crippen LogP contribution < -0.4 is 11.0 Å². The summed E-state index contributed by atoms with van der Waals surface area (Å²) < 4.78 is 7.76. The maximum Gasteiger partial charge on any atom is 0.351 e. The predicted molar refractivity (Wildman–Crippen MR) is 103 cm³/mol. The second-order valence-corrected chi connectivity index (χ2v) is 6.68. The molecule has 1 aromatic carbocycles. The quantitative estimate of drug-likeness (QED) is 0.602. The molecule has 3 aromatic rings. The Balaban J connectivity index is 1.73. The van der Waals surface area contributed by atoms with Crippen molar-refractivity contribution in [3.63, 3.8) is 0 Å². The molecule has 0 aliphatic carbocycles. The Hall–Kier alpha value is -3.20. The molecule has 1 amide bonds. The van der Waals surface area contributed by atoms with Crippen LogP contribution in [-0.4, -0.2) is 43.6 Å². The lowest BCUT2D eigenvalue weighted by molar-refractivity contribution is -0.122. The summed E-state index contributed by atoms with van der Waals surface area (Å²) in [5, 5.41) is 14.2. The average molecular weight is 384 g/mol. The van der Waals surface area contributed by atoms with Gasteiger partial charge in [-0.3, -0.25) is 9.89 Å². The molecule has 0 aliphatic heterocycles. The third-order valence-electron chi connectivity index (χ3n) is 4.17. The van der Waals surface area contributed by atoms with Crippen LogP contribution >= 0.6 is 0 Å². The topological polar surface area (TPSA) is 107 Å². The van der Waals surface area contributed by atoms with E-state index in [0.29, 0.717) is 17.9 Å². The van der Waals surface area contributed by atoms with Crippen LogP contribution in [0.25, 0.3) is 5.69 Å². The SMILES string of the molecule is COCc1nn(CC(=O)NC(C)Cc2cc(C)[nH]n2)c(=O)n1-c1ccccc1. The van der Waals surface area contributed by atoms with Gasteiger partial charge in [-0.2, -0.15) is 10.2 Å². The third-order valence-corrected chi connectivity index (χ3v) is 4.17. The van der Waals surface area contributed by atoms with Crippen molar-refractivity contribution < 1.29 is 9.53 Å². The second-order valence-electron chi connectivity index (χ2n) is 6.68. The van der Waals surface area contributed by atoms with Crippen molar-refractivity contribution in [2.45, 2.75) is 39.5 Å². The molecule has 0 aliphatic rings. The van der Waals surface area contributed by atoms with Crippen molar-refractivity contribution in [1.82, 2.24) is 29.9 Å². The van der Waals surface area contributed by atoms with Crippen molar-refractivity contribution in [1.29, 1.82) is 0 Å². The zero-order valence-electron chi connectivity index (χ0n) is 16.2. The van der Waals surface area contributed by atoms with E-state index in [2.05, 4.69) is 20.6 Å². The van der Waals surface area contributed by atoms with Crippen LogP contribution in [0.1, 0.15) is 24.1 Å². The maximum absolute atomic E-state index is 12.8. The van der Waals surface area contributed by atoms with Gasteiger partial charge in [0.25, 0.3) is 0 Å². The first-order chi connectivity index (χ1) is 13.5. The smallest absolute Gasteiger partial charge is 0.351 e. The van der Waals surface area contributed by atoms with Crippen molar-refractivity contribution in [2.75, 3.05) is 7.11 Å². The molecule has 9 nitrogen and oxygen atoms in total. The average Bonchev–Trinajstić information content (AvgIpc) is 3.19. The van der Waals surface area contributed by atoms with Gasteiger partial charge in [-0.05, 0) is 32.0 Å². The van der Waals surface area contributed by atoms with Crippen molar-refractivity contribution in [3.8, 4) is 5.69 Å². The minimum Gasteiger partial charge on any atom is -0.377 e. The van der Waals surface area contributed by atoms with E-state index in [1.807, 2.05) is 38.1 Å². The van der Waals surface area contributed by atoms with Gasteiger partial charge in [0.15, 0.2) is 5.82 Å². The molecule has 0 bridgehead atoms. The standard InChI is InChI=1S/C19H24N6O3/c1-13(9-15-10-14(2)21-22-15)20-18(26)11-24-19(27)25(17(23-24)12-28-3)16-7-5-4-6-8-16/h4-8,10,13H,9,11-12H2,1-3H3,(H,20,26)(H,21,22). The number of ether oxygens (including phenoxy) is 1. The van der Waals surface area contributed by atoms with Gasteiger partial charge in [-0.25, -0.2) is 14.0 Å². The Bertz CT molecular complexity index is 989. The number of carbonyl (C=O) groups is 1. The fourth-order valence-electron chi connectivity index (χ4n) is 3.01. The maximum atomic E-state index is 12.8. The lowest BCUT2D eigenvalue weighted by Gasteiger charge is -2.12. The molecule has 28 heavy (non-hydrogen) atoms. The largest absolute Gasteiger partial charge is 0.377 e. The number of aryl methyl sites for hydroxylation is 1. The number of carbonyl (C=O) groups excluding carboxylic acids is 1. The van der Waals surface area contributed by atoms with Gasteiger partial charge in [0, 0.05) is 25.3 Å². The Morgan fingerprint density at radius 3 is 2.71 bits per heavy atom. The van der Waals surface area contributed by atoms with Crippen molar-refractivity contribution in [3.05, 3.63) is 64.1 Å². The number of hydrogen-bond acceptors (Lipinski definition) is 5. The lowest BCUT2D eigenvalue weighted by Crippen LogP contribution is -2.39. The highest BCUT2D eigenvalue weighted by molar-refractivity contribution is 5.75. The molecular weight excluding hydrogens is 360 g/mol. The van der Waals surface area contributed by atoms with Crippen LogP contribution in [-0.2, 0) is 29.1 Å². The Morgan fingerprint density at radius 1 is 1.32 bits per heavy atom. The van der Waals surface area contributed by atoms with Crippen LogP contribution in [0, 0.1) is 6.92 Å². The summed E-state index contributed by atoms with van der Waals surface area (Å²) in [6, 6.07) is 11.0. The van der Waals surface area contributed by atoms with Crippen LogP contribution in [0.4, 0.5) is 0 Å². The molecular formula is C19H24N6O3. The highest BCUT2D eigenvalue weighted by Gasteiger charge is 2.18. The summed E-state index contributed by atoms with van der Waals surface area (Å²) in [6.07, 6.45) is 0.596. The second kappa shape index (κ2) is 8.66. The molecule has 3 rings (SSSR count). The number of hydrogen-bond donors (Lipinski definition) is 2. The fourth-order valence-corrected chi connectivity index (χ4v) is 3.01. The van der Waals surface area contributed by atoms with Crippen molar-refractivity contribution in [2.24, 2.45) is 0 Å². The van der Waals surface area contributed by atoms with Gasteiger partial charge in [-0.15, -0.1) is 0 Å². The highest BCUT2D eigenvalue weighted by atomic mass is 16.5. The number of para-hydroxylation sites is 1. The van der Waals surface area contributed by atoms with Gasteiger partial charge in [0.05, 0.1) is 11.4 Å². The monoisotopic (exact) mass is 384 g/mol. The molecule has 0 saturated heterocycles. The number of nitrogens with one attached hydrogen (secondary N) is 2. The van der Waals surface area contributed by atoms with Crippen LogP contribution in [0.5, 0.6) is 0 Å². The van der Waals surface area contributed by atoms with Crippen LogP contribution in [0.3, 0.4) is 0 Å². The first kappa shape index (κ1) is 19.6. The Morgan fingerprint density at radius 2 is 2.07 bits per heavy atom. The molecule has 0 radical (unpaired) electrons. The van der Waals surface area contributed by atoms with E-state index in [4.69, 9.17) is 4.74 Å². The van der Waals surface area contributed by atoms with Gasteiger partial charge < -0.3 is 10.1 Å². The Labute approximate surface area is 162 Å². The number of amides is 1. The molecule has 1 unspecified atom stereocenters. The molecule has 0 saturated carbocycles. The predicted octanol–water partition coefficient (Wildman–Crippen LogP) is 0.959. The fraction of sp³-hybridized carbons (Fsp3) is 0.368. The Kier molecular flexibility index (Phi) is 6.05. The van der Waals surface area contributed by atoms with Gasteiger partial charge in [0.1, 0.15) is 13.2 Å². The van der Waals surface area contributed by atoms with Gasteiger partial charge in [-0.1, -0.05) is 18.2 Å². The first-order valence-electron chi connectivity index (χ1n) is 9.01. The minimum absolute atomic E-state index is 0.124. The molecule has 0 spiro atoms. The number of methoxy groups -OCH3 is 1. The first-order valence-corrected chi connectivity index (χ1v) is 9.01. The number of benzene rings is 1. The van der Waals surface area contributed by atoms with Crippen LogP contribution in [0.15, 0.2) is 41.2 Å². The molecule has 9 heteroatoms. The summed E-state index contributed by atoms with van der Waals surface area (Å²) in [5.74, 6) is 0.148. The van der Waals surface area contributed by atoms with E-state index in [0.717, 1.165) is 16.1 Å². The number of H-pyrrole nitrogens is 1. The van der Waals surface area contributed by atoms with E-state index < -0.39 is 0 Å². The normalized spacial score (nSPS) is 12.1. The highest BCUT2D eigenvalue weighted by Crippen LogP contribution is 2.08. The minimum atomic E-state index is -0.385. The van der Waals surface area contributed by atoms with Crippen LogP contribution in [0.2, 0.25) is 0 Å². The molecule has 2 aromatic heterocycles. The molecule has 0 fully saturated rings. The molecule has 1 atom stereocenters. The number of rotatable bonds is 8. The number of aromatic amines is 1. The molecule has 2 heterocycles.